The molecular formula is C23H19F2N5O2S. The maximum absolute atomic E-state index is 15.0. The lowest BCUT2D eigenvalue weighted by molar-refractivity contribution is 0.564. The molecule has 0 aliphatic carbocycles. The van der Waals surface area contributed by atoms with Gasteiger partial charge in [0, 0.05) is 17.0 Å². The van der Waals surface area contributed by atoms with Crippen LogP contribution in [0.1, 0.15) is 24.1 Å². The summed E-state index contributed by atoms with van der Waals surface area (Å²) < 4.78 is 57.4. The average Bonchev–Trinajstić information content (AvgIpc) is 3.19. The molecule has 33 heavy (non-hydrogen) atoms. The number of nitrogens with two attached hydrogens (primary N) is 1. The minimum absolute atomic E-state index is 0.217. The summed E-state index contributed by atoms with van der Waals surface area (Å²) in [5, 5.41) is 4.77. The van der Waals surface area contributed by atoms with Crippen molar-refractivity contribution in [2.75, 3.05) is 11.3 Å². The number of aromatic nitrogens is 3. The largest absolute Gasteiger partial charge is 0.320 e. The number of hydrogen-bond donors (Lipinski definition) is 2. The number of fused-ring (bicyclic) bond motifs is 1. The van der Waals surface area contributed by atoms with Crippen molar-refractivity contribution >= 4 is 26.7 Å². The summed E-state index contributed by atoms with van der Waals surface area (Å²) in [6.07, 6.45) is 1.46. The van der Waals surface area contributed by atoms with E-state index in [1.54, 1.807) is 4.68 Å². The number of benzene rings is 2. The molecule has 0 bridgehead atoms. The quantitative estimate of drug-likeness (QED) is 0.346. The first-order chi connectivity index (χ1) is 15.8. The molecule has 10 heteroatoms. The molecule has 4 rings (SSSR count). The fraction of sp³-hybridized carbons (Fsp3) is 0.130. The number of hydrogen-bond acceptors (Lipinski definition) is 5. The van der Waals surface area contributed by atoms with Gasteiger partial charge in [-0.15, -0.1) is 0 Å². The van der Waals surface area contributed by atoms with Gasteiger partial charge in [-0.1, -0.05) is 36.1 Å². The van der Waals surface area contributed by atoms with Crippen LogP contribution in [0.25, 0.3) is 10.9 Å². The molecule has 7 nitrogen and oxygen atoms in total. The number of rotatable bonds is 5. The van der Waals surface area contributed by atoms with Crippen molar-refractivity contribution in [3.63, 3.8) is 0 Å². The normalized spacial score (nSPS) is 12.2. The van der Waals surface area contributed by atoms with Gasteiger partial charge in [0.25, 0.3) is 10.0 Å². The standard InChI is InChI=1S/C23H19F2N5O2S/c1-15(18-8-3-2-6-16(18)7-5-11-26)30-20-13-19(24)21(12-17(20)14-27-30)33(31,32)29-23-10-4-9-22(25)28-23/h2-4,6,8-10,12-15H,11,26H2,1H3,(H,28,29)/t15-/m1/s1. The minimum atomic E-state index is -4.35. The molecule has 0 saturated heterocycles. The lowest BCUT2D eigenvalue weighted by Crippen LogP contribution is -2.16. The van der Waals surface area contributed by atoms with Crippen molar-refractivity contribution in [2.45, 2.75) is 17.9 Å². The lowest BCUT2D eigenvalue weighted by Gasteiger charge is -2.16. The van der Waals surface area contributed by atoms with Gasteiger partial charge in [0.05, 0.1) is 24.3 Å². The van der Waals surface area contributed by atoms with Crippen LogP contribution in [0.2, 0.25) is 0 Å². The Balaban J connectivity index is 1.73. The Labute approximate surface area is 189 Å². The fourth-order valence-electron chi connectivity index (χ4n) is 3.47. The average molecular weight is 468 g/mol. The third-order valence-electron chi connectivity index (χ3n) is 5.00. The van der Waals surface area contributed by atoms with Crippen LogP contribution < -0.4 is 10.5 Å². The number of halogens is 2. The van der Waals surface area contributed by atoms with Gasteiger partial charge in [-0.05, 0) is 36.8 Å². The predicted octanol–water partition coefficient (Wildman–Crippen LogP) is 3.43. The third kappa shape index (κ3) is 4.55. The van der Waals surface area contributed by atoms with Gasteiger partial charge in [0.15, 0.2) is 0 Å². The van der Waals surface area contributed by atoms with E-state index in [0.29, 0.717) is 10.9 Å². The maximum Gasteiger partial charge on any atom is 0.265 e. The minimum Gasteiger partial charge on any atom is -0.320 e. The molecule has 2 heterocycles. The second kappa shape index (κ2) is 8.97. The molecule has 0 spiro atoms. The highest BCUT2D eigenvalue weighted by molar-refractivity contribution is 7.92. The molecule has 3 N–H and O–H groups in total. The molecule has 0 aliphatic rings. The summed E-state index contributed by atoms with van der Waals surface area (Å²) in [5.41, 5.74) is 7.52. The number of anilines is 1. The molecule has 0 aliphatic heterocycles. The summed E-state index contributed by atoms with van der Waals surface area (Å²) in [4.78, 5) is 2.86. The molecule has 168 valence electrons. The van der Waals surface area contributed by atoms with Crippen LogP contribution in [0.4, 0.5) is 14.6 Å². The zero-order chi connectivity index (χ0) is 23.6. The molecule has 0 unspecified atom stereocenters. The van der Waals surface area contributed by atoms with Crippen LogP contribution >= 0.6 is 0 Å². The lowest BCUT2D eigenvalue weighted by atomic mass is 10.0. The van der Waals surface area contributed by atoms with Crippen molar-refractivity contribution in [3.05, 3.63) is 83.7 Å². The Morgan fingerprint density at radius 1 is 1.15 bits per heavy atom. The topological polar surface area (TPSA) is 103 Å². The van der Waals surface area contributed by atoms with Crippen LogP contribution in [0, 0.1) is 23.6 Å². The third-order valence-corrected chi connectivity index (χ3v) is 6.37. The maximum atomic E-state index is 15.0. The Kier molecular flexibility index (Phi) is 6.09. The van der Waals surface area contributed by atoms with Gasteiger partial charge in [-0.2, -0.15) is 9.49 Å². The van der Waals surface area contributed by atoms with Crippen molar-refractivity contribution in [1.82, 2.24) is 14.8 Å². The van der Waals surface area contributed by atoms with Crippen molar-refractivity contribution in [3.8, 4) is 11.8 Å². The number of nitrogens with zero attached hydrogens (tertiary/aromatic N) is 3. The van der Waals surface area contributed by atoms with Crippen LogP contribution in [-0.4, -0.2) is 29.7 Å². The highest BCUT2D eigenvalue weighted by atomic mass is 32.2. The van der Waals surface area contributed by atoms with Crippen LogP contribution in [0.5, 0.6) is 0 Å². The molecule has 2 aromatic heterocycles. The molecule has 0 fully saturated rings. The van der Waals surface area contributed by atoms with E-state index in [-0.39, 0.29) is 18.4 Å². The van der Waals surface area contributed by atoms with Gasteiger partial charge in [0.2, 0.25) is 5.95 Å². The van der Waals surface area contributed by atoms with Crippen molar-refractivity contribution in [1.29, 1.82) is 0 Å². The van der Waals surface area contributed by atoms with Gasteiger partial charge in [-0.25, -0.2) is 17.8 Å². The number of pyridine rings is 1. The number of sulfonamides is 1. The van der Waals surface area contributed by atoms with E-state index in [1.807, 2.05) is 31.2 Å². The smallest absolute Gasteiger partial charge is 0.265 e. The SMILES string of the molecule is C[C@H](c1ccccc1C#CCN)n1ncc2cc(S(=O)(=O)Nc3cccc(F)n3)c(F)cc21. The first-order valence-electron chi connectivity index (χ1n) is 9.90. The molecule has 0 amide bonds. The van der Waals surface area contributed by atoms with E-state index >= 15 is 0 Å². The summed E-state index contributed by atoms with van der Waals surface area (Å²) >= 11 is 0. The van der Waals surface area contributed by atoms with E-state index in [4.69, 9.17) is 5.73 Å². The fourth-order valence-corrected chi connectivity index (χ4v) is 4.57. The van der Waals surface area contributed by atoms with Crippen LogP contribution in [-0.2, 0) is 10.0 Å². The highest BCUT2D eigenvalue weighted by Crippen LogP contribution is 2.29. The van der Waals surface area contributed by atoms with Gasteiger partial charge >= 0.3 is 0 Å². The van der Waals surface area contributed by atoms with Crippen molar-refractivity contribution < 1.29 is 17.2 Å². The molecule has 4 aromatic rings. The first kappa shape index (κ1) is 22.4. The first-order valence-corrected chi connectivity index (χ1v) is 11.4. The second-order valence-electron chi connectivity index (χ2n) is 7.15. The monoisotopic (exact) mass is 467 g/mol. The summed E-state index contributed by atoms with van der Waals surface area (Å²) in [7, 11) is -4.35. The van der Waals surface area contributed by atoms with E-state index in [1.165, 1.54) is 24.4 Å². The molecular weight excluding hydrogens is 448 g/mol. The zero-order valence-corrected chi connectivity index (χ0v) is 18.3. The van der Waals surface area contributed by atoms with Crippen molar-refractivity contribution in [2.24, 2.45) is 5.73 Å². The number of nitrogens with one attached hydrogen (secondary N) is 1. The zero-order valence-electron chi connectivity index (χ0n) is 17.5. The van der Waals surface area contributed by atoms with E-state index in [0.717, 1.165) is 23.3 Å². The van der Waals surface area contributed by atoms with Gasteiger partial charge in [0.1, 0.15) is 16.5 Å². The Bertz CT molecular complexity index is 1510. The second-order valence-corrected chi connectivity index (χ2v) is 8.80. The molecule has 0 saturated carbocycles. The Morgan fingerprint density at radius 3 is 2.70 bits per heavy atom. The Morgan fingerprint density at radius 2 is 1.94 bits per heavy atom. The molecule has 1 atom stereocenters. The molecule has 2 aromatic carbocycles. The van der Waals surface area contributed by atoms with E-state index in [2.05, 4.69) is 26.6 Å². The highest BCUT2D eigenvalue weighted by Gasteiger charge is 2.23. The van der Waals surface area contributed by atoms with E-state index < -0.39 is 26.7 Å². The van der Waals surface area contributed by atoms with Crippen LogP contribution in [0.15, 0.2) is 65.7 Å². The summed E-state index contributed by atoms with van der Waals surface area (Å²) in [6.45, 7) is 2.10. The van der Waals surface area contributed by atoms with Crippen LogP contribution in [0.3, 0.4) is 0 Å². The van der Waals surface area contributed by atoms with Gasteiger partial charge in [-0.3, -0.25) is 9.40 Å². The van der Waals surface area contributed by atoms with E-state index in [9.17, 15) is 17.2 Å². The Hall–Kier alpha value is -3.81. The summed E-state index contributed by atoms with van der Waals surface area (Å²) in [6, 6.07) is 13.1. The summed E-state index contributed by atoms with van der Waals surface area (Å²) in [5.74, 6) is 3.75. The molecule has 0 radical (unpaired) electrons. The predicted molar refractivity (Wildman–Crippen MR) is 121 cm³/mol. The van der Waals surface area contributed by atoms with Gasteiger partial charge < -0.3 is 5.73 Å².